The Hall–Kier alpha value is -9.16. The van der Waals surface area contributed by atoms with Gasteiger partial charge >= 0.3 is 26.3 Å². The summed E-state index contributed by atoms with van der Waals surface area (Å²) in [5.74, 6) is 1.69. The third-order valence-corrected chi connectivity index (χ3v) is 17.6. The van der Waals surface area contributed by atoms with Gasteiger partial charge < -0.3 is 40.3 Å². The molecule has 2 aliphatic heterocycles. The Morgan fingerprint density at radius 1 is 0.526 bits per heavy atom. The zero-order valence-electron chi connectivity index (χ0n) is 58.7. The molecule has 6 heterocycles. The molecule has 6 aromatic carbocycles. The summed E-state index contributed by atoms with van der Waals surface area (Å²) in [5.41, 5.74) is 18.3. The third-order valence-electron chi connectivity index (χ3n) is 17.6. The average Bonchev–Trinajstić information content (AvgIpc) is 1.77. The third kappa shape index (κ3) is 17.2. The Morgan fingerprint density at radius 2 is 0.979 bits per heavy atom. The number of benzene rings is 6. The van der Waals surface area contributed by atoms with E-state index in [4.69, 9.17) is 34.5 Å². The number of carbonyl (C=O) groups excluding carboxylic acids is 2. The predicted molar refractivity (Wildman–Crippen MR) is 399 cm³/mol. The van der Waals surface area contributed by atoms with Crippen LogP contribution in [0, 0.1) is 20.8 Å². The standard InChI is InChI=1S/C33H33N9O.C27H35BN4O3.C13H20BNO2.S2/c1-21-11-13-24(37-32(43)39-30-17-29(33(2,3)4)40-42(30)26-9-7-6-8-10-26)16-27(21)22-12-14-28-23(15-22)18-34-31(38-28)36-25-19-35-41(5)20-25;1-18-14-15-19(16-21(18)28-34-26(5,6)27(7,8)35-28)29-24(33)30-23-17-22(25(2,3)4)31-32(23)20-12-10-9-11-13-20;1-9-6-7-10(15)8-11(9)14-16-12(2,3)13(4,5)17-14;1-2/h6-20H,1-5H3,(H,34,36,38)(H2,37,39,43);9-17H,1-8H3,(H2,29,30,33);6-8H,15H2,1-5H3;. The van der Waals surface area contributed by atoms with Crippen LogP contribution in [0.3, 0.4) is 0 Å². The molecule has 20 nitrogen and oxygen atoms in total. The largest absolute Gasteiger partial charge is 0.495 e. The van der Waals surface area contributed by atoms with Crippen molar-refractivity contribution in [2.24, 2.45) is 7.05 Å². The lowest BCUT2D eigenvalue weighted by Gasteiger charge is -2.32. The van der Waals surface area contributed by atoms with Crippen LogP contribution in [0.2, 0.25) is 0 Å². The number of hydrogen-bond acceptors (Lipinski definition) is 15. The second-order valence-corrected chi connectivity index (χ2v) is 28.4. The average molecular weight is 1340 g/mol. The smallest absolute Gasteiger partial charge is 0.399 e. The summed E-state index contributed by atoms with van der Waals surface area (Å²) < 4.78 is 29.7. The van der Waals surface area contributed by atoms with Crippen molar-refractivity contribution in [3.63, 3.8) is 0 Å². The van der Waals surface area contributed by atoms with E-state index in [1.807, 2.05) is 201 Å². The van der Waals surface area contributed by atoms with Gasteiger partial charge in [0.15, 0.2) is 0 Å². The van der Waals surface area contributed by atoms with Gasteiger partial charge in [-0.1, -0.05) is 113 Å². The number of nitrogens with one attached hydrogen (secondary N) is 5. The van der Waals surface area contributed by atoms with E-state index in [9.17, 15) is 9.59 Å². The van der Waals surface area contributed by atoms with Crippen LogP contribution < -0.4 is 43.2 Å². The lowest BCUT2D eigenvalue weighted by Crippen LogP contribution is -2.41. The lowest BCUT2D eigenvalue weighted by molar-refractivity contribution is 0.00578. The predicted octanol–water partition coefficient (Wildman–Crippen LogP) is 14.5. The molecule has 0 bridgehead atoms. The molecule has 0 aliphatic carbocycles. The molecule has 0 atom stereocenters. The molecular weight excluding hydrogens is 1250 g/mol. The highest BCUT2D eigenvalue weighted by atomic mass is 32.8. The van der Waals surface area contributed by atoms with Gasteiger partial charge in [-0.3, -0.25) is 15.3 Å². The van der Waals surface area contributed by atoms with Gasteiger partial charge in [0, 0.05) is 87.2 Å². The molecule has 2 saturated heterocycles. The Balaban J connectivity index is 0.000000182. The Kier molecular flexibility index (Phi) is 21.5. The van der Waals surface area contributed by atoms with Crippen molar-refractivity contribution < 1.29 is 28.2 Å². The number of anilines is 7. The minimum absolute atomic E-state index is 0.165. The molecule has 0 spiro atoms. The summed E-state index contributed by atoms with van der Waals surface area (Å²) in [4.78, 5) is 35.4. The summed E-state index contributed by atoms with van der Waals surface area (Å²) in [6.07, 6.45) is 5.39. The number of nitrogen functional groups attached to an aromatic ring is 1. The van der Waals surface area contributed by atoms with E-state index in [2.05, 4.69) is 139 Å². The fourth-order valence-electron chi connectivity index (χ4n) is 10.5. The van der Waals surface area contributed by atoms with Crippen molar-refractivity contribution in [3.05, 3.63) is 192 Å². The van der Waals surface area contributed by atoms with Crippen LogP contribution in [0.5, 0.6) is 0 Å². The highest BCUT2D eigenvalue weighted by Crippen LogP contribution is 2.39. The molecule has 12 rings (SSSR count). The lowest BCUT2D eigenvalue weighted by atomic mass is 9.76. The van der Waals surface area contributed by atoms with E-state index < -0.39 is 18.3 Å². The SMILES string of the molecule is Cc1ccc(N)cc1B1OC(C)(C)C(C)(C)O1.Cc1ccc(NC(=O)Nc2cc(C(C)(C)C)nn2-c2ccccc2)cc1-c1ccc2nc(Nc3cnn(C)c3)ncc2c1.Cc1ccc(NC(=O)Nc2cc(C(C)(C)C)nn2-c2ccccc2)cc1B1OC(C)(C)C(C)(C)O1.S=S. The van der Waals surface area contributed by atoms with Crippen molar-refractivity contribution in [3.8, 4) is 22.5 Å². The maximum absolute atomic E-state index is 13.2. The highest BCUT2D eigenvalue weighted by molar-refractivity contribution is 8.07. The molecule has 0 radical (unpaired) electrons. The van der Waals surface area contributed by atoms with Crippen LogP contribution in [0.4, 0.5) is 49.9 Å². The van der Waals surface area contributed by atoms with Gasteiger partial charge in [0.05, 0.1) is 62.6 Å². The van der Waals surface area contributed by atoms with Crippen LogP contribution in [0.1, 0.15) is 125 Å². The zero-order chi connectivity index (χ0) is 70.6. The summed E-state index contributed by atoms with van der Waals surface area (Å²) in [6, 6.07) is 46.1. The van der Waals surface area contributed by atoms with Crippen molar-refractivity contribution in [2.75, 3.05) is 32.3 Å². The molecule has 0 unspecified atom stereocenters. The molecule has 504 valence electrons. The number of hydrogen-bond donors (Lipinski definition) is 6. The number of nitrogens with zero attached hydrogens (tertiary/aromatic N) is 8. The molecule has 7 N–H and O–H groups in total. The molecule has 2 fully saturated rings. The second kappa shape index (κ2) is 28.9. The number of amides is 4. The molecule has 24 heteroatoms. The Bertz CT molecular complexity index is 4420. The Labute approximate surface area is 580 Å². The van der Waals surface area contributed by atoms with Crippen molar-refractivity contribution in [2.45, 2.75) is 151 Å². The molecular formula is C73H88B2N14O6S2. The minimum Gasteiger partial charge on any atom is -0.399 e. The number of para-hydroxylation sites is 2. The van der Waals surface area contributed by atoms with E-state index in [-0.39, 0.29) is 41.2 Å². The highest BCUT2D eigenvalue weighted by Gasteiger charge is 2.53. The minimum atomic E-state index is -0.501. The van der Waals surface area contributed by atoms with Gasteiger partial charge in [-0.25, -0.2) is 28.9 Å². The van der Waals surface area contributed by atoms with Crippen molar-refractivity contribution in [1.82, 2.24) is 39.3 Å². The quantitative estimate of drug-likeness (QED) is 0.0522. The molecule has 4 amide bonds. The Morgan fingerprint density at radius 3 is 1.44 bits per heavy atom. The summed E-state index contributed by atoms with van der Waals surface area (Å²) in [6.45, 7) is 35.0. The molecule has 4 aromatic heterocycles. The van der Waals surface area contributed by atoms with E-state index in [0.29, 0.717) is 29.0 Å². The van der Waals surface area contributed by atoms with Crippen LogP contribution in [0.25, 0.3) is 33.4 Å². The van der Waals surface area contributed by atoms with E-state index in [0.717, 1.165) is 83.8 Å². The first kappa shape index (κ1) is 72.1. The van der Waals surface area contributed by atoms with E-state index in [1.165, 1.54) is 0 Å². The first-order valence-corrected chi connectivity index (χ1v) is 33.4. The van der Waals surface area contributed by atoms with Crippen molar-refractivity contribution >= 4 is 111 Å². The van der Waals surface area contributed by atoms with E-state index in [1.54, 1.807) is 26.4 Å². The van der Waals surface area contributed by atoms with Gasteiger partial charge in [-0.15, -0.1) is 0 Å². The maximum Gasteiger partial charge on any atom is 0.495 e. The van der Waals surface area contributed by atoms with E-state index >= 15 is 0 Å². The maximum atomic E-state index is 13.2. The van der Waals surface area contributed by atoms with Gasteiger partial charge in [-0.05, 0) is 177 Å². The van der Waals surface area contributed by atoms with Crippen LogP contribution in [-0.4, -0.2) is 88.0 Å². The number of nitrogens with two attached hydrogens (primary N) is 1. The normalized spacial score (nSPS) is 15.0. The monoisotopic (exact) mass is 1340 g/mol. The van der Waals surface area contributed by atoms with Gasteiger partial charge in [-0.2, -0.15) is 15.3 Å². The molecule has 10 aromatic rings. The number of urea groups is 2. The molecule has 0 saturated carbocycles. The first-order valence-electron chi connectivity index (χ1n) is 32.1. The van der Waals surface area contributed by atoms with Crippen molar-refractivity contribution in [1.29, 1.82) is 0 Å². The summed E-state index contributed by atoms with van der Waals surface area (Å²) in [7, 11) is 1.03. The molecule has 97 heavy (non-hydrogen) atoms. The number of rotatable bonds is 11. The van der Waals surface area contributed by atoms with Gasteiger partial charge in [0.2, 0.25) is 5.95 Å². The zero-order valence-corrected chi connectivity index (χ0v) is 60.3. The molecule has 2 aliphatic rings. The number of aryl methyl sites for hydroxylation is 4. The number of carbonyl (C=O) groups is 2. The number of fused-ring (bicyclic) bond motifs is 1. The van der Waals surface area contributed by atoms with Crippen LogP contribution in [0.15, 0.2) is 164 Å². The topological polar surface area (TPSA) is 236 Å². The second-order valence-electron chi connectivity index (χ2n) is 28.4. The summed E-state index contributed by atoms with van der Waals surface area (Å²) >= 11 is 7.33. The van der Waals surface area contributed by atoms with Crippen LogP contribution in [-0.2, 0) is 58.9 Å². The van der Waals surface area contributed by atoms with Gasteiger partial charge in [0.1, 0.15) is 11.6 Å². The van der Waals surface area contributed by atoms with Gasteiger partial charge in [0.25, 0.3) is 0 Å². The fraction of sp³-hybridized carbons (Fsp3) is 0.329. The fourth-order valence-corrected chi connectivity index (χ4v) is 10.5. The summed E-state index contributed by atoms with van der Waals surface area (Å²) in [5, 5.41) is 29.7. The number of aromatic nitrogens is 8. The van der Waals surface area contributed by atoms with Crippen LogP contribution >= 0.6 is 0 Å². The first-order chi connectivity index (χ1) is 45.6.